The number of ketones is 1. The summed E-state index contributed by atoms with van der Waals surface area (Å²) in [6, 6.07) is 11.9. The minimum absolute atomic E-state index is 0.0660. The van der Waals surface area contributed by atoms with Gasteiger partial charge in [0.05, 0.1) is 25.7 Å². The summed E-state index contributed by atoms with van der Waals surface area (Å²) in [7, 11) is 3.11. The van der Waals surface area contributed by atoms with Gasteiger partial charge in [-0.05, 0) is 48.0 Å². The van der Waals surface area contributed by atoms with Crippen molar-refractivity contribution in [2.75, 3.05) is 14.2 Å². The van der Waals surface area contributed by atoms with Crippen molar-refractivity contribution in [2.45, 2.75) is 11.7 Å². The van der Waals surface area contributed by atoms with Gasteiger partial charge in [-0.2, -0.15) is 5.10 Å². The number of thioether (sulfide) groups is 1. The third-order valence-corrected chi connectivity index (χ3v) is 5.40. The van der Waals surface area contributed by atoms with Gasteiger partial charge in [0.25, 0.3) is 0 Å². The maximum atomic E-state index is 12.3. The van der Waals surface area contributed by atoms with Crippen molar-refractivity contribution in [2.24, 2.45) is 10.2 Å². The zero-order valence-electron chi connectivity index (χ0n) is 15.7. The summed E-state index contributed by atoms with van der Waals surface area (Å²) in [5.74, 6) is 0.790. The molecule has 0 radical (unpaired) electrons. The minimum Gasteiger partial charge on any atom is -0.493 e. The van der Waals surface area contributed by atoms with Crippen LogP contribution in [0.5, 0.6) is 11.5 Å². The molecule has 1 N–H and O–H groups in total. The van der Waals surface area contributed by atoms with Gasteiger partial charge in [0.1, 0.15) is 0 Å². The van der Waals surface area contributed by atoms with Crippen molar-refractivity contribution in [1.82, 2.24) is 5.32 Å². The molecule has 1 aliphatic rings. The number of nitrogens with one attached hydrogen (secondary N) is 1. The Kier molecular flexibility index (Phi) is 6.90. The number of amidine groups is 1. The molecule has 9 heteroatoms. The second-order valence-electron chi connectivity index (χ2n) is 5.99. The highest BCUT2D eigenvalue weighted by Gasteiger charge is 2.32. The Bertz CT molecular complexity index is 976. The average molecular weight is 432 g/mol. The van der Waals surface area contributed by atoms with Crippen molar-refractivity contribution in [1.29, 1.82) is 0 Å². The zero-order chi connectivity index (χ0) is 20.8. The van der Waals surface area contributed by atoms with Gasteiger partial charge in [0.2, 0.25) is 5.91 Å². The summed E-state index contributed by atoms with van der Waals surface area (Å²) in [6.07, 6.45) is 1.60. The lowest BCUT2D eigenvalue weighted by Crippen LogP contribution is -2.26. The van der Waals surface area contributed by atoms with Gasteiger partial charge in [0.15, 0.2) is 22.4 Å². The van der Waals surface area contributed by atoms with E-state index in [4.69, 9.17) is 21.1 Å². The fraction of sp³-hybridized carbons (Fsp3) is 0.200. The standard InChI is InChI=1S/C20H18ClN3O4S/c1-27-16-8-3-12(9-17(16)28-2)11-22-24-20-23-19(26)18(29-20)10-15(25)13-4-6-14(21)7-5-13/h3-9,11,18H,10H2,1-2H3,(H,23,24,26). The largest absolute Gasteiger partial charge is 0.493 e. The van der Waals surface area contributed by atoms with Crippen molar-refractivity contribution in [3.63, 3.8) is 0 Å². The molecule has 0 saturated carbocycles. The van der Waals surface area contributed by atoms with Gasteiger partial charge in [-0.3, -0.25) is 9.59 Å². The molecule has 1 heterocycles. The quantitative estimate of drug-likeness (QED) is 0.411. The third-order valence-electron chi connectivity index (χ3n) is 4.08. The molecular formula is C20H18ClN3O4S. The number of nitrogens with zero attached hydrogens (tertiary/aromatic N) is 2. The van der Waals surface area contributed by atoms with Crippen LogP contribution >= 0.6 is 23.4 Å². The maximum absolute atomic E-state index is 12.3. The Balaban J connectivity index is 1.62. The molecule has 1 atom stereocenters. The molecule has 1 saturated heterocycles. The second kappa shape index (κ2) is 9.58. The monoisotopic (exact) mass is 431 g/mol. The first-order valence-corrected chi connectivity index (χ1v) is 9.85. The summed E-state index contributed by atoms with van der Waals surface area (Å²) in [4.78, 5) is 24.5. The molecule has 150 valence electrons. The molecule has 1 aliphatic heterocycles. The predicted molar refractivity (Wildman–Crippen MR) is 114 cm³/mol. The maximum Gasteiger partial charge on any atom is 0.240 e. The molecule has 0 spiro atoms. The van der Waals surface area contributed by atoms with E-state index in [2.05, 4.69) is 15.5 Å². The van der Waals surface area contributed by atoms with E-state index in [1.54, 1.807) is 56.7 Å². The lowest BCUT2D eigenvalue weighted by molar-refractivity contribution is -0.118. The molecule has 29 heavy (non-hydrogen) atoms. The highest BCUT2D eigenvalue weighted by Crippen LogP contribution is 2.27. The molecule has 0 aromatic heterocycles. The van der Waals surface area contributed by atoms with Gasteiger partial charge in [-0.1, -0.05) is 23.4 Å². The number of carbonyl (C=O) groups is 2. The van der Waals surface area contributed by atoms with Crippen LogP contribution < -0.4 is 14.8 Å². The average Bonchev–Trinajstić information content (AvgIpc) is 3.07. The first-order chi connectivity index (χ1) is 14.0. The number of benzene rings is 2. The molecule has 3 rings (SSSR count). The van der Waals surface area contributed by atoms with E-state index >= 15 is 0 Å². The third kappa shape index (κ3) is 5.36. The fourth-order valence-corrected chi connectivity index (χ4v) is 3.64. The number of Topliss-reactive ketones (excluding diaryl/α,β-unsaturated/α-hetero) is 1. The van der Waals surface area contributed by atoms with Gasteiger partial charge < -0.3 is 14.8 Å². The topological polar surface area (TPSA) is 89.4 Å². The molecule has 2 aromatic carbocycles. The number of halogens is 1. The van der Waals surface area contributed by atoms with E-state index in [0.29, 0.717) is 27.3 Å². The zero-order valence-corrected chi connectivity index (χ0v) is 17.3. The van der Waals surface area contributed by atoms with Crippen LogP contribution in [0.3, 0.4) is 0 Å². The molecule has 1 amide bonds. The van der Waals surface area contributed by atoms with Gasteiger partial charge in [-0.15, -0.1) is 5.10 Å². The van der Waals surface area contributed by atoms with Crippen LogP contribution in [0.4, 0.5) is 0 Å². The summed E-state index contributed by atoms with van der Waals surface area (Å²) in [5.41, 5.74) is 1.27. The van der Waals surface area contributed by atoms with Crippen LogP contribution in [0.1, 0.15) is 22.3 Å². The number of rotatable bonds is 7. The molecule has 1 unspecified atom stereocenters. The number of hydrogen-bond acceptors (Lipinski definition) is 7. The normalized spacial score (nSPS) is 17.6. The first-order valence-electron chi connectivity index (χ1n) is 8.59. The van der Waals surface area contributed by atoms with Crippen LogP contribution in [-0.2, 0) is 4.79 Å². The number of hydrogen-bond donors (Lipinski definition) is 1. The molecule has 1 fully saturated rings. The van der Waals surface area contributed by atoms with Crippen LogP contribution in [0.2, 0.25) is 5.02 Å². The lowest BCUT2D eigenvalue weighted by atomic mass is 10.1. The SMILES string of the molecule is COc1ccc(C=NN=C2NC(=O)C(CC(=O)c3ccc(Cl)cc3)S2)cc1OC. The molecule has 7 nitrogen and oxygen atoms in total. The van der Waals surface area contributed by atoms with E-state index in [-0.39, 0.29) is 18.1 Å². The molecule has 2 aromatic rings. The summed E-state index contributed by atoms with van der Waals surface area (Å²) < 4.78 is 10.4. The van der Waals surface area contributed by atoms with Crippen molar-refractivity contribution >= 4 is 46.4 Å². The van der Waals surface area contributed by atoms with E-state index < -0.39 is 5.25 Å². The van der Waals surface area contributed by atoms with Gasteiger partial charge in [-0.25, -0.2) is 0 Å². The van der Waals surface area contributed by atoms with Gasteiger partial charge >= 0.3 is 0 Å². The van der Waals surface area contributed by atoms with E-state index in [0.717, 1.165) is 5.56 Å². The predicted octanol–water partition coefficient (Wildman–Crippen LogP) is 3.55. The van der Waals surface area contributed by atoms with Crippen LogP contribution in [-0.4, -0.2) is 42.5 Å². The number of amides is 1. The highest BCUT2D eigenvalue weighted by atomic mass is 35.5. The van der Waals surface area contributed by atoms with E-state index in [1.807, 2.05) is 0 Å². The second-order valence-corrected chi connectivity index (χ2v) is 7.62. The molecular weight excluding hydrogens is 414 g/mol. The van der Waals surface area contributed by atoms with Crippen LogP contribution in [0.25, 0.3) is 0 Å². The van der Waals surface area contributed by atoms with E-state index in [1.165, 1.54) is 18.0 Å². The molecule has 0 bridgehead atoms. The number of carbonyl (C=O) groups excluding carboxylic acids is 2. The Morgan fingerprint density at radius 3 is 2.59 bits per heavy atom. The van der Waals surface area contributed by atoms with Crippen molar-refractivity contribution in [3.05, 3.63) is 58.6 Å². The summed E-state index contributed by atoms with van der Waals surface area (Å²) >= 11 is 7.01. The number of methoxy groups -OCH3 is 2. The Hall–Kier alpha value is -2.84. The van der Waals surface area contributed by atoms with Crippen molar-refractivity contribution < 1.29 is 19.1 Å². The Labute approximate surface area is 177 Å². The van der Waals surface area contributed by atoms with Crippen LogP contribution in [0, 0.1) is 0 Å². The highest BCUT2D eigenvalue weighted by molar-refractivity contribution is 8.15. The molecule has 0 aliphatic carbocycles. The fourth-order valence-electron chi connectivity index (χ4n) is 2.59. The van der Waals surface area contributed by atoms with Crippen molar-refractivity contribution in [3.8, 4) is 11.5 Å². The Morgan fingerprint density at radius 2 is 1.90 bits per heavy atom. The minimum atomic E-state index is -0.548. The number of ether oxygens (including phenoxy) is 2. The summed E-state index contributed by atoms with van der Waals surface area (Å²) in [5, 5.41) is 11.0. The van der Waals surface area contributed by atoms with Crippen LogP contribution in [0.15, 0.2) is 52.7 Å². The smallest absolute Gasteiger partial charge is 0.240 e. The van der Waals surface area contributed by atoms with E-state index in [9.17, 15) is 9.59 Å². The van der Waals surface area contributed by atoms with Gasteiger partial charge in [0, 0.05) is 17.0 Å². The Morgan fingerprint density at radius 1 is 1.17 bits per heavy atom. The first kappa shape index (κ1) is 20.9. The lowest BCUT2D eigenvalue weighted by Gasteiger charge is -2.07. The summed E-state index contributed by atoms with van der Waals surface area (Å²) in [6.45, 7) is 0.